The maximum atomic E-state index is 12.0. The van der Waals surface area contributed by atoms with Crippen molar-refractivity contribution in [2.45, 2.75) is 6.42 Å². The molecule has 0 aromatic carbocycles. The van der Waals surface area contributed by atoms with Gasteiger partial charge in [0.15, 0.2) is 17.2 Å². The average Bonchev–Trinajstić information content (AvgIpc) is 2.92. The quantitative estimate of drug-likeness (QED) is 0.797. The van der Waals surface area contributed by atoms with Gasteiger partial charge in [-0.1, -0.05) is 11.6 Å². The van der Waals surface area contributed by atoms with Crippen LogP contribution in [-0.2, 0) is 20.7 Å². The standard InChI is InChI=1S/C14H15ClN4O5/c1-23-14(22)11-8(6-10(20)21)19-7-9(15)16-12(13(19)17-11)18-2-4-24-5-3-18/h7H,2-6H2,1H3,(H,20,21). The molecule has 0 bridgehead atoms. The molecule has 1 N–H and O–H groups in total. The maximum Gasteiger partial charge on any atom is 0.358 e. The van der Waals surface area contributed by atoms with Gasteiger partial charge in [0.05, 0.1) is 32.4 Å². The number of carbonyl (C=O) groups is 2. The maximum absolute atomic E-state index is 12.0. The number of anilines is 1. The number of aromatic nitrogens is 3. The van der Waals surface area contributed by atoms with Gasteiger partial charge in [-0.25, -0.2) is 14.8 Å². The highest BCUT2D eigenvalue weighted by Crippen LogP contribution is 2.26. The van der Waals surface area contributed by atoms with E-state index in [1.165, 1.54) is 17.7 Å². The van der Waals surface area contributed by atoms with Gasteiger partial charge in [0.25, 0.3) is 0 Å². The highest BCUT2D eigenvalue weighted by Gasteiger charge is 2.26. The lowest BCUT2D eigenvalue weighted by molar-refractivity contribution is -0.136. The highest BCUT2D eigenvalue weighted by molar-refractivity contribution is 6.29. The molecule has 24 heavy (non-hydrogen) atoms. The first-order valence-corrected chi connectivity index (χ1v) is 7.59. The van der Waals surface area contributed by atoms with Gasteiger partial charge in [-0.2, -0.15) is 0 Å². The van der Waals surface area contributed by atoms with Crippen molar-refractivity contribution in [2.75, 3.05) is 38.3 Å². The molecule has 128 valence electrons. The molecule has 3 heterocycles. The van der Waals surface area contributed by atoms with Crippen LogP contribution in [0.5, 0.6) is 0 Å². The Bertz CT molecular complexity index is 800. The molecule has 0 aliphatic carbocycles. The lowest BCUT2D eigenvalue weighted by atomic mass is 10.2. The number of aliphatic carboxylic acids is 1. The van der Waals surface area contributed by atoms with Gasteiger partial charge in [-0.15, -0.1) is 0 Å². The second-order valence-electron chi connectivity index (χ2n) is 5.15. The predicted octanol–water partition coefficient (Wildman–Crippen LogP) is 0.633. The predicted molar refractivity (Wildman–Crippen MR) is 83.7 cm³/mol. The molecule has 0 radical (unpaired) electrons. The summed E-state index contributed by atoms with van der Waals surface area (Å²) in [6.07, 6.45) is 1.05. The first-order valence-electron chi connectivity index (χ1n) is 7.21. The topological polar surface area (TPSA) is 106 Å². The molecule has 0 atom stereocenters. The number of carboxylic acid groups (broad SMARTS) is 1. The number of methoxy groups -OCH3 is 1. The third kappa shape index (κ3) is 3.00. The first-order chi connectivity index (χ1) is 11.5. The number of carbonyl (C=O) groups excluding carboxylic acids is 1. The van der Waals surface area contributed by atoms with Crippen molar-refractivity contribution in [3.8, 4) is 0 Å². The molecule has 1 aliphatic rings. The van der Waals surface area contributed by atoms with Crippen LogP contribution in [0.15, 0.2) is 6.20 Å². The Balaban J connectivity index is 2.21. The van der Waals surface area contributed by atoms with Crippen LogP contribution in [0.4, 0.5) is 5.82 Å². The molecule has 2 aromatic rings. The number of carboxylic acids is 1. The molecule has 0 unspecified atom stereocenters. The smallest absolute Gasteiger partial charge is 0.358 e. The van der Waals surface area contributed by atoms with Crippen molar-refractivity contribution in [1.29, 1.82) is 0 Å². The zero-order valence-corrected chi connectivity index (χ0v) is 13.6. The highest BCUT2D eigenvalue weighted by atomic mass is 35.5. The minimum atomic E-state index is -1.09. The minimum absolute atomic E-state index is 0.0570. The Kier molecular flexibility index (Phi) is 4.54. The number of halogens is 1. The summed E-state index contributed by atoms with van der Waals surface area (Å²) >= 11 is 6.09. The van der Waals surface area contributed by atoms with E-state index in [9.17, 15) is 9.59 Å². The van der Waals surface area contributed by atoms with E-state index in [1.54, 1.807) is 0 Å². The van der Waals surface area contributed by atoms with E-state index in [1.807, 2.05) is 4.90 Å². The number of nitrogens with zero attached hydrogens (tertiary/aromatic N) is 4. The van der Waals surface area contributed by atoms with E-state index in [2.05, 4.69) is 9.97 Å². The van der Waals surface area contributed by atoms with Gasteiger partial charge in [-0.3, -0.25) is 9.20 Å². The van der Waals surface area contributed by atoms with Crippen molar-refractivity contribution >= 4 is 35.0 Å². The number of hydrogen-bond donors (Lipinski definition) is 1. The van der Waals surface area contributed by atoms with Crippen LogP contribution < -0.4 is 4.90 Å². The molecule has 10 heteroatoms. The lowest BCUT2D eigenvalue weighted by Gasteiger charge is -2.28. The van der Waals surface area contributed by atoms with Crippen LogP contribution in [0.3, 0.4) is 0 Å². The Hall–Kier alpha value is -2.39. The Morgan fingerprint density at radius 2 is 2.08 bits per heavy atom. The Morgan fingerprint density at radius 3 is 2.71 bits per heavy atom. The number of hydrogen-bond acceptors (Lipinski definition) is 7. The third-order valence-electron chi connectivity index (χ3n) is 3.67. The van der Waals surface area contributed by atoms with Crippen LogP contribution in [0, 0.1) is 0 Å². The van der Waals surface area contributed by atoms with E-state index >= 15 is 0 Å². The number of ether oxygens (including phenoxy) is 2. The van der Waals surface area contributed by atoms with Crippen molar-refractivity contribution in [2.24, 2.45) is 0 Å². The number of esters is 1. The fraction of sp³-hybridized carbons (Fsp3) is 0.429. The minimum Gasteiger partial charge on any atom is -0.481 e. The molecule has 1 aliphatic heterocycles. The molecule has 1 saturated heterocycles. The molecule has 0 spiro atoms. The van der Waals surface area contributed by atoms with Crippen LogP contribution >= 0.6 is 11.6 Å². The number of fused-ring (bicyclic) bond motifs is 1. The van der Waals surface area contributed by atoms with E-state index in [0.29, 0.717) is 37.8 Å². The normalized spacial score (nSPS) is 14.8. The number of morpholine rings is 1. The summed E-state index contributed by atoms with van der Waals surface area (Å²) < 4.78 is 11.5. The summed E-state index contributed by atoms with van der Waals surface area (Å²) in [5.41, 5.74) is 0.500. The summed E-state index contributed by atoms with van der Waals surface area (Å²) in [6, 6.07) is 0. The summed E-state index contributed by atoms with van der Waals surface area (Å²) in [5, 5.41) is 9.31. The van der Waals surface area contributed by atoms with E-state index in [-0.39, 0.29) is 16.5 Å². The second-order valence-corrected chi connectivity index (χ2v) is 5.54. The van der Waals surface area contributed by atoms with Crippen molar-refractivity contribution < 1.29 is 24.2 Å². The van der Waals surface area contributed by atoms with Crippen LogP contribution in [0.25, 0.3) is 5.65 Å². The third-order valence-corrected chi connectivity index (χ3v) is 3.85. The van der Waals surface area contributed by atoms with Gasteiger partial charge < -0.3 is 19.5 Å². The molecule has 0 amide bonds. The van der Waals surface area contributed by atoms with Crippen molar-refractivity contribution in [3.05, 3.63) is 22.7 Å². The van der Waals surface area contributed by atoms with Crippen molar-refractivity contribution in [1.82, 2.24) is 14.4 Å². The second kappa shape index (κ2) is 6.62. The van der Waals surface area contributed by atoms with E-state index in [0.717, 1.165) is 0 Å². The fourth-order valence-electron chi connectivity index (χ4n) is 2.61. The molecule has 0 saturated carbocycles. The van der Waals surface area contributed by atoms with Gasteiger partial charge >= 0.3 is 11.9 Å². The van der Waals surface area contributed by atoms with E-state index in [4.69, 9.17) is 26.2 Å². The van der Waals surface area contributed by atoms with E-state index < -0.39 is 18.4 Å². The lowest BCUT2D eigenvalue weighted by Crippen LogP contribution is -2.37. The summed E-state index contributed by atoms with van der Waals surface area (Å²) in [5.74, 6) is -1.32. The first kappa shape index (κ1) is 16.5. The summed E-state index contributed by atoms with van der Waals surface area (Å²) in [4.78, 5) is 33.7. The largest absolute Gasteiger partial charge is 0.481 e. The monoisotopic (exact) mass is 354 g/mol. The van der Waals surface area contributed by atoms with Gasteiger partial charge in [0.1, 0.15) is 5.15 Å². The summed E-state index contributed by atoms with van der Waals surface area (Å²) in [6.45, 7) is 2.26. The average molecular weight is 355 g/mol. The molecular formula is C14H15ClN4O5. The zero-order valence-electron chi connectivity index (χ0n) is 12.9. The Morgan fingerprint density at radius 1 is 1.38 bits per heavy atom. The zero-order chi connectivity index (χ0) is 17.3. The van der Waals surface area contributed by atoms with Crippen LogP contribution in [-0.4, -0.2) is 64.8 Å². The van der Waals surface area contributed by atoms with Crippen LogP contribution in [0.1, 0.15) is 16.2 Å². The summed E-state index contributed by atoms with van der Waals surface area (Å²) in [7, 11) is 1.21. The van der Waals surface area contributed by atoms with Crippen LogP contribution in [0.2, 0.25) is 5.15 Å². The molecular weight excluding hydrogens is 340 g/mol. The van der Waals surface area contributed by atoms with Gasteiger partial charge in [0, 0.05) is 19.3 Å². The fourth-order valence-corrected chi connectivity index (χ4v) is 2.79. The SMILES string of the molecule is COC(=O)c1nc2c(N3CCOCC3)nc(Cl)cn2c1CC(=O)O. The van der Waals surface area contributed by atoms with Gasteiger partial charge in [-0.05, 0) is 0 Å². The number of imidazole rings is 1. The molecule has 1 fully saturated rings. The molecule has 3 rings (SSSR count). The van der Waals surface area contributed by atoms with Gasteiger partial charge in [0.2, 0.25) is 0 Å². The molecule has 2 aromatic heterocycles. The molecule has 9 nitrogen and oxygen atoms in total. The van der Waals surface area contributed by atoms with Crippen molar-refractivity contribution in [3.63, 3.8) is 0 Å². The Labute approximate surface area is 141 Å². The number of rotatable bonds is 4.